The van der Waals surface area contributed by atoms with Crippen LogP contribution in [0.1, 0.15) is 49.7 Å². The van der Waals surface area contributed by atoms with Gasteiger partial charge in [0.05, 0.1) is 7.11 Å². The van der Waals surface area contributed by atoms with Crippen LogP contribution >= 0.6 is 15.9 Å². The summed E-state index contributed by atoms with van der Waals surface area (Å²) in [5, 5.41) is 3.70. The van der Waals surface area contributed by atoms with Crippen LogP contribution in [0.4, 0.5) is 4.39 Å². The third-order valence-corrected chi connectivity index (χ3v) is 5.85. The Labute approximate surface area is 169 Å². The first-order valence-electron chi connectivity index (χ1n) is 9.63. The Morgan fingerprint density at radius 1 is 1.04 bits per heavy atom. The first kappa shape index (κ1) is 20.2. The number of methoxy groups -OCH3 is 1. The van der Waals surface area contributed by atoms with Gasteiger partial charge in [-0.15, -0.1) is 0 Å². The minimum Gasteiger partial charge on any atom is -0.493 e. The van der Waals surface area contributed by atoms with Crippen LogP contribution in [0.3, 0.4) is 0 Å². The summed E-state index contributed by atoms with van der Waals surface area (Å²) in [6.45, 7) is 1.09. The third kappa shape index (κ3) is 5.69. The van der Waals surface area contributed by atoms with E-state index in [9.17, 15) is 4.39 Å². The zero-order chi connectivity index (χ0) is 19.1. The van der Waals surface area contributed by atoms with E-state index in [4.69, 9.17) is 9.47 Å². The number of ether oxygens (including phenoxy) is 2. The van der Waals surface area contributed by atoms with Crippen LogP contribution in [0.2, 0.25) is 0 Å². The highest BCUT2D eigenvalue weighted by Gasteiger charge is 2.17. The maximum absolute atomic E-state index is 13.1. The van der Waals surface area contributed by atoms with Crippen molar-refractivity contribution in [3.63, 3.8) is 0 Å². The van der Waals surface area contributed by atoms with Gasteiger partial charge >= 0.3 is 0 Å². The highest BCUT2D eigenvalue weighted by Crippen LogP contribution is 2.37. The second-order valence-corrected chi connectivity index (χ2v) is 7.90. The molecule has 1 aliphatic rings. The molecule has 27 heavy (non-hydrogen) atoms. The van der Waals surface area contributed by atoms with Crippen LogP contribution in [0, 0.1) is 5.82 Å². The second kappa shape index (κ2) is 10.1. The predicted molar refractivity (Wildman–Crippen MR) is 110 cm³/mol. The van der Waals surface area contributed by atoms with Gasteiger partial charge in [-0.05, 0) is 42.7 Å². The van der Waals surface area contributed by atoms with E-state index in [0.29, 0.717) is 18.4 Å². The number of nitrogens with one attached hydrogen (secondary N) is 1. The van der Waals surface area contributed by atoms with Crippen LogP contribution in [0.5, 0.6) is 11.5 Å². The largest absolute Gasteiger partial charge is 0.493 e. The summed E-state index contributed by atoms with van der Waals surface area (Å²) in [6.07, 6.45) is 7.73. The molecule has 0 unspecified atom stereocenters. The Bertz CT molecular complexity index is 728. The lowest BCUT2D eigenvalue weighted by Crippen LogP contribution is -2.28. The fourth-order valence-corrected chi connectivity index (χ4v) is 3.98. The summed E-state index contributed by atoms with van der Waals surface area (Å²) >= 11 is 3.66. The Morgan fingerprint density at radius 3 is 2.41 bits per heavy atom. The molecule has 3 nitrogen and oxygen atoms in total. The van der Waals surface area contributed by atoms with Gasteiger partial charge in [0.15, 0.2) is 11.5 Å². The summed E-state index contributed by atoms with van der Waals surface area (Å²) < 4.78 is 25.8. The molecule has 1 saturated carbocycles. The normalized spacial score (nSPS) is 15.4. The van der Waals surface area contributed by atoms with Gasteiger partial charge in [0.2, 0.25) is 0 Å². The first-order chi connectivity index (χ1) is 13.2. The molecule has 0 heterocycles. The first-order valence-corrected chi connectivity index (χ1v) is 10.4. The van der Waals surface area contributed by atoms with Gasteiger partial charge in [-0.2, -0.15) is 0 Å². The molecule has 1 fully saturated rings. The molecule has 3 rings (SSSR count). The van der Waals surface area contributed by atoms with Crippen molar-refractivity contribution in [3.05, 3.63) is 57.8 Å². The molecule has 0 atom stereocenters. The van der Waals surface area contributed by atoms with E-state index in [-0.39, 0.29) is 5.82 Å². The lowest BCUT2D eigenvalue weighted by atomic mass is 10.1. The molecule has 0 radical (unpaired) electrons. The molecule has 1 aliphatic carbocycles. The lowest BCUT2D eigenvalue weighted by Gasteiger charge is -2.20. The Kier molecular flexibility index (Phi) is 7.53. The van der Waals surface area contributed by atoms with Crippen molar-refractivity contribution in [1.29, 1.82) is 0 Å². The highest BCUT2D eigenvalue weighted by atomic mass is 79.9. The Morgan fingerprint density at radius 2 is 1.74 bits per heavy atom. The molecule has 0 amide bonds. The van der Waals surface area contributed by atoms with Crippen LogP contribution in [0.15, 0.2) is 40.9 Å². The molecule has 2 aromatic carbocycles. The molecule has 0 aromatic heterocycles. The van der Waals surface area contributed by atoms with Gasteiger partial charge in [-0.3, -0.25) is 0 Å². The molecule has 146 valence electrons. The van der Waals surface area contributed by atoms with Crippen LogP contribution in [-0.4, -0.2) is 13.2 Å². The maximum atomic E-state index is 13.1. The zero-order valence-corrected chi connectivity index (χ0v) is 17.4. The minimum absolute atomic E-state index is 0.243. The van der Waals surface area contributed by atoms with Crippen LogP contribution in [-0.2, 0) is 13.2 Å². The zero-order valence-electron chi connectivity index (χ0n) is 15.8. The number of halogens is 2. The van der Waals surface area contributed by atoms with Gasteiger partial charge in [-0.25, -0.2) is 4.39 Å². The van der Waals surface area contributed by atoms with Gasteiger partial charge in [0.1, 0.15) is 12.4 Å². The third-order valence-electron chi connectivity index (χ3n) is 5.11. The number of benzene rings is 2. The van der Waals surface area contributed by atoms with Crippen molar-refractivity contribution in [2.45, 2.75) is 57.7 Å². The molecular formula is C22H27BrFNO2. The second-order valence-electron chi connectivity index (χ2n) is 7.04. The molecular weight excluding hydrogens is 409 g/mol. The molecule has 0 bridgehead atoms. The Balaban J connectivity index is 1.74. The van der Waals surface area contributed by atoms with Crippen LogP contribution < -0.4 is 14.8 Å². The summed E-state index contributed by atoms with van der Waals surface area (Å²) in [7, 11) is 1.65. The van der Waals surface area contributed by atoms with Gasteiger partial charge in [-0.1, -0.05) is 53.7 Å². The SMILES string of the molecule is COc1ccc(Br)c(CNC2CCCCCC2)c1OCc1ccc(F)cc1. The van der Waals surface area contributed by atoms with E-state index >= 15 is 0 Å². The monoisotopic (exact) mass is 435 g/mol. The quantitative estimate of drug-likeness (QED) is 0.541. The van der Waals surface area contributed by atoms with Gasteiger partial charge in [0, 0.05) is 22.6 Å². The van der Waals surface area contributed by atoms with E-state index in [0.717, 1.165) is 27.9 Å². The van der Waals surface area contributed by atoms with E-state index in [1.54, 1.807) is 19.2 Å². The minimum atomic E-state index is -0.243. The van der Waals surface area contributed by atoms with E-state index in [1.807, 2.05) is 12.1 Å². The van der Waals surface area contributed by atoms with E-state index in [2.05, 4.69) is 21.2 Å². The van der Waals surface area contributed by atoms with E-state index < -0.39 is 0 Å². The average Bonchev–Trinajstić information content (AvgIpc) is 2.95. The number of hydrogen-bond donors (Lipinski definition) is 1. The van der Waals surface area contributed by atoms with Crippen molar-refractivity contribution < 1.29 is 13.9 Å². The molecule has 1 N–H and O–H groups in total. The maximum Gasteiger partial charge on any atom is 0.167 e. The van der Waals surface area contributed by atoms with Crippen molar-refractivity contribution in [2.75, 3.05) is 7.11 Å². The predicted octanol–water partition coefficient (Wildman–Crippen LogP) is 5.99. The summed E-state index contributed by atoms with van der Waals surface area (Å²) in [5.74, 6) is 1.20. The Hall–Kier alpha value is -1.59. The fraction of sp³-hybridized carbons (Fsp3) is 0.455. The highest BCUT2D eigenvalue weighted by molar-refractivity contribution is 9.10. The molecule has 0 aliphatic heterocycles. The smallest absolute Gasteiger partial charge is 0.167 e. The van der Waals surface area contributed by atoms with Gasteiger partial charge in [0.25, 0.3) is 0 Å². The van der Waals surface area contributed by atoms with Crippen molar-refractivity contribution in [2.24, 2.45) is 0 Å². The van der Waals surface area contributed by atoms with Gasteiger partial charge < -0.3 is 14.8 Å². The van der Waals surface area contributed by atoms with Crippen molar-refractivity contribution in [1.82, 2.24) is 5.32 Å². The number of hydrogen-bond acceptors (Lipinski definition) is 3. The summed E-state index contributed by atoms with van der Waals surface area (Å²) in [4.78, 5) is 0. The molecule has 5 heteroatoms. The molecule has 0 saturated heterocycles. The standard InChI is InChI=1S/C22H27BrFNO2/c1-26-21-13-12-20(23)19(14-25-18-6-4-2-3-5-7-18)22(21)27-15-16-8-10-17(24)11-9-16/h8-13,18,25H,2-7,14-15H2,1H3. The van der Waals surface area contributed by atoms with Crippen molar-refractivity contribution >= 4 is 15.9 Å². The lowest BCUT2D eigenvalue weighted by molar-refractivity contribution is 0.279. The van der Waals surface area contributed by atoms with Crippen LogP contribution in [0.25, 0.3) is 0 Å². The molecule has 2 aromatic rings. The van der Waals surface area contributed by atoms with E-state index in [1.165, 1.54) is 50.7 Å². The number of rotatable bonds is 7. The topological polar surface area (TPSA) is 30.5 Å². The fourth-order valence-electron chi connectivity index (χ4n) is 3.53. The molecule has 0 spiro atoms. The van der Waals surface area contributed by atoms with Crippen molar-refractivity contribution in [3.8, 4) is 11.5 Å². The summed E-state index contributed by atoms with van der Waals surface area (Å²) in [5.41, 5.74) is 1.97. The summed E-state index contributed by atoms with van der Waals surface area (Å²) in [6, 6.07) is 10.8. The average molecular weight is 436 g/mol.